The van der Waals surface area contributed by atoms with E-state index < -0.39 is 6.23 Å². The highest BCUT2D eigenvalue weighted by Gasteiger charge is 2.30. The number of ether oxygens (including phenoxy) is 1. The lowest BCUT2D eigenvalue weighted by molar-refractivity contribution is -0.107. The molecule has 1 unspecified atom stereocenters. The standard InChI is InChI=1S/C20H23NO3/c22-14-8-2-1-3-9-15-24-20-18-12-5-4-10-16(18)17-11-6-7-13-19(17)21(20)23/h4-7,10-14,20,23H,1-3,8-9,15H2. The topological polar surface area (TPSA) is 49.8 Å². The van der Waals surface area contributed by atoms with Crippen LogP contribution in [0.3, 0.4) is 0 Å². The fourth-order valence-corrected chi connectivity index (χ4v) is 3.16. The van der Waals surface area contributed by atoms with Crippen molar-refractivity contribution in [2.45, 2.75) is 38.3 Å². The van der Waals surface area contributed by atoms with Crippen LogP contribution in [0.1, 0.15) is 43.9 Å². The number of benzene rings is 2. The summed E-state index contributed by atoms with van der Waals surface area (Å²) in [6.07, 6.45) is 5.06. The number of hydrogen-bond acceptors (Lipinski definition) is 4. The van der Waals surface area contributed by atoms with Crippen LogP contribution in [0.15, 0.2) is 48.5 Å². The molecule has 0 saturated carbocycles. The Hall–Kier alpha value is -2.17. The highest BCUT2D eigenvalue weighted by molar-refractivity contribution is 5.83. The van der Waals surface area contributed by atoms with Crippen LogP contribution in [0.5, 0.6) is 0 Å². The molecule has 1 N–H and O–H groups in total. The maximum Gasteiger partial charge on any atom is 0.180 e. The third-order valence-electron chi connectivity index (χ3n) is 4.38. The maximum absolute atomic E-state index is 10.6. The van der Waals surface area contributed by atoms with E-state index >= 15 is 0 Å². The van der Waals surface area contributed by atoms with Crippen molar-refractivity contribution in [2.75, 3.05) is 11.7 Å². The highest BCUT2D eigenvalue weighted by atomic mass is 16.6. The Labute approximate surface area is 142 Å². The van der Waals surface area contributed by atoms with Crippen molar-refractivity contribution in [1.29, 1.82) is 0 Å². The number of carbonyl (C=O) groups excluding carboxylic acids is 1. The van der Waals surface area contributed by atoms with E-state index in [2.05, 4.69) is 6.07 Å². The first-order chi connectivity index (χ1) is 11.8. The number of hydroxylamine groups is 1. The van der Waals surface area contributed by atoms with Crippen LogP contribution in [0.4, 0.5) is 5.69 Å². The minimum atomic E-state index is -0.480. The van der Waals surface area contributed by atoms with Gasteiger partial charge >= 0.3 is 0 Å². The molecular formula is C20H23NO3. The third-order valence-corrected chi connectivity index (χ3v) is 4.38. The van der Waals surface area contributed by atoms with E-state index in [9.17, 15) is 10.0 Å². The fraction of sp³-hybridized carbons (Fsp3) is 0.350. The van der Waals surface area contributed by atoms with E-state index in [0.29, 0.717) is 13.0 Å². The number of nitrogens with zero attached hydrogens (tertiary/aromatic N) is 1. The van der Waals surface area contributed by atoms with Crippen LogP contribution < -0.4 is 5.06 Å². The molecule has 0 amide bonds. The normalized spacial score (nSPS) is 15.7. The molecule has 4 heteroatoms. The highest BCUT2D eigenvalue weighted by Crippen LogP contribution is 2.43. The minimum Gasteiger partial charge on any atom is -0.352 e. The van der Waals surface area contributed by atoms with E-state index in [0.717, 1.165) is 54.3 Å². The van der Waals surface area contributed by atoms with Crippen molar-refractivity contribution in [3.8, 4) is 11.1 Å². The Morgan fingerprint density at radius 3 is 2.50 bits per heavy atom. The molecular weight excluding hydrogens is 302 g/mol. The van der Waals surface area contributed by atoms with E-state index in [1.807, 2.05) is 42.5 Å². The van der Waals surface area contributed by atoms with E-state index in [-0.39, 0.29) is 0 Å². The predicted octanol–water partition coefficient (Wildman–Crippen LogP) is 4.73. The zero-order valence-corrected chi connectivity index (χ0v) is 13.7. The SMILES string of the molecule is O=CCCCCCCOC1c2ccccc2-c2ccccc2N1O. The summed E-state index contributed by atoms with van der Waals surface area (Å²) in [4.78, 5) is 10.3. The van der Waals surface area contributed by atoms with Crippen molar-refractivity contribution < 1.29 is 14.7 Å². The molecule has 0 fully saturated rings. The van der Waals surface area contributed by atoms with Crippen molar-refractivity contribution in [3.05, 3.63) is 54.1 Å². The fourth-order valence-electron chi connectivity index (χ4n) is 3.16. The molecule has 0 aliphatic carbocycles. The number of hydrogen-bond donors (Lipinski definition) is 1. The maximum atomic E-state index is 10.6. The van der Waals surface area contributed by atoms with Gasteiger partial charge in [-0.3, -0.25) is 5.21 Å². The summed E-state index contributed by atoms with van der Waals surface area (Å²) in [5, 5.41) is 11.8. The number of fused-ring (bicyclic) bond motifs is 3. The molecule has 0 spiro atoms. The molecule has 2 aromatic rings. The minimum absolute atomic E-state index is 0.480. The second-order valence-corrected chi connectivity index (χ2v) is 6.04. The van der Waals surface area contributed by atoms with Gasteiger partial charge < -0.3 is 9.53 Å². The molecule has 3 rings (SSSR count). The summed E-state index contributed by atoms with van der Waals surface area (Å²) in [6, 6.07) is 15.9. The lowest BCUT2D eigenvalue weighted by Gasteiger charge is -2.35. The Bertz CT molecular complexity index is 686. The van der Waals surface area contributed by atoms with Crippen molar-refractivity contribution in [3.63, 3.8) is 0 Å². The molecule has 126 valence electrons. The van der Waals surface area contributed by atoms with Crippen LogP contribution in [0.25, 0.3) is 11.1 Å². The molecule has 0 saturated heterocycles. The van der Waals surface area contributed by atoms with Gasteiger partial charge in [0.2, 0.25) is 0 Å². The van der Waals surface area contributed by atoms with Gasteiger partial charge in [-0.05, 0) is 24.5 Å². The van der Waals surface area contributed by atoms with Gasteiger partial charge in [0.05, 0.1) is 5.69 Å². The predicted molar refractivity (Wildman–Crippen MR) is 94.0 cm³/mol. The van der Waals surface area contributed by atoms with Crippen molar-refractivity contribution in [2.24, 2.45) is 0 Å². The average Bonchev–Trinajstić information content (AvgIpc) is 2.63. The van der Waals surface area contributed by atoms with Gasteiger partial charge in [-0.15, -0.1) is 0 Å². The van der Waals surface area contributed by atoms with Crippen LogP contribution in [-0.4, -0.2) is 18.1 Å². The monoisotopic (exact) mass is 325 g/mol. The van der Waals surface area contributed by atoms with Gasteiger partial charge in [-0.1, -0.05) is 55.3 Å². The van der Waals surface area contributed by atoms with E-state index in [1.165, 1.54) is 5.06 Å². The lowest BCUT2D eigenvalue weighted by Crippen LogP contribution is -2.31. The summed E-state index contributed by atoms with van der Waals surface area (Å²) < 4.78 is 5.99. The second kappa shape index (κ2) is 8.08. The first-order valence-corrected chi connectivity index (χ1v) is 8.54. The number of anilines is 1. The summed E-state index contributed by atoms with van der Waals surface area (Å²) in [7, 11) is 0. The zero-order chi connectivity index (χ0) is 16.8. The van der Waals surface area contributed by atoms with Crippen LogP contribution in [-0.2, 0) is 9.53 Å². The number of rotatable bonds is 8. The Kier molecular flexibility index (Phi) is 5.62. The molecule has 1 atom stereocenters. The van der Waals surface area contributed by atoms with E-state index in [4.69, 9.17) is 4.74 Å². The molecule has 0 aromatic heterocycles. The van der Waals surface area contributed by atoms with Crippen molar-refractivity contribution in [1.82, 2.24) is 0 Å². The lowest BCUT2D eigenvalue weighted by atomic mass is 9.93. The summed E-state index contributed by atoms with van der Waals surface area (Å²) in [6.45, 7) is 0.583. The molecule has 24 heavy (non-hydrogen) atoms. The first kappa shape index (κ1) is 16.7. The third kappa shape index (κ3) is 3.50. The van der Waals surface area contributed by atoms with Gasteiger partial charge in [0.1, 0.15) is 6.29 Å². The molecule has 0 bridgehead atoms. The van der Waals surface area contributed by atoms with Gasteiger partial charge in [0.15, 0.2) is 6.23 Å². The van der Waals surface area contributed by atoms with Gasteiger partial charge in [0.25, 0.3) is 0 Å². The molecule has 1 aliphatic heterocycles. The quantitative estimate of drug-likeness (QED) is 0.563. The summed E-state index contributed by atoms with van der Waals surface area (Å²) in [5.74, 6) is 0. The first-order valence-electron chi connectivity index (χ1n) is 8.54. The Balaban J connectivity index is 1.67. The smallest absolute Gasteiger partial charge is 0.180 e. The second-order valence-electron chi connectivity index (χ2n) is 6.04. The average molecular weight is 325 g/mol. The molecule has 4 nitrogen and oxygen atoms in total. The number of aldehydes is 1. The molecule has 0 radical (unpaired) electrons. The van der Waals surface area contributed by atoms with Crippen LogP contribution in [0.2, 0.25) is 0 Å². The molecule has 1 heterocycles. The summed E-state index contributed by atoms with van der Waals surface area (Å²) in [5.41, 5.74) is 3.88. The van der Waals surface area contributed by atoms with E-state index in [1.54, 1.807) is 0 Å². The zero-order valence-electron chi connectivity index (χ0n) is 13.7. The van der Waals surface area contributed by atoms with Crippen molar-refractivity contribution >= 4 is 12.0 Å². The number of para-hydroxylation sites is 1. The van der Waals surface area contributed by atoms with Gasteiger partial charge in [0, 0.05) is 24.2 Å². The number of unbranched alkanes of at least 4 members (excludes halogenated alkanes) is 4. The van der Waals surface area contributed by atoms with Gasteiger partial charge in [-0.2, -0.15) is 0 Å². The van der Waals surface area contributed by atoms with Crippen LogP contribution in [0, 0.1) is 0 Å². The van der Waals surface area contributed by atoms with Gasteiger partial charge in [-0.25, -0.2) is 5.06 Å². The van der Waals surface area contributed by atoms with Crippen LogP contribution >= 0.6 is 0 Å². The summed E-state index contributed by atoms with van der Waals surface area (Å²) >= 11 is 0. The number of carbonyl (C=O) groups is 1. The Morgan fingerprint density at radius 2 is 1.67 bits per heavy atom. The molecule has 2 aromatic carbocycles. The Morgan fingerprint density at radius 1 is 0.958 bits per heavy atom. The largest absolute Gasteiger partial charge is 0.352 e. The molecule has 1 aliphatic rings.